The first-order valence-corrected chi connectivity index (χ1v) is 6.14. The van der Waals surface area contributed by atoms with Crippen LogP contribution >= 0.6 is 0 Å². The summed E-state index contributed by atoms with van der Waals surface area (Å²) in [6.07, 6.45) is -4.74. The van der Waals surface area contributed by atoms with E-state index in [0.717, 1.165) is 12.1 Å². The Kier molecular flexibility index (Phi) is 6.14. The number of benzene rings is 1. The molecule has 1 rings (SSSR count). The van der Waals surface area contributed by atoms with E-state index in [2.05, 4.69) is 4.74 Å². The number of aryl methyl sites for hydroxylation is 1. The summed E-state index contributed by atoms with van der Waals surface area (Å²) in [5, 5.41) is 10.6. The molecule has 5 nitrogen and oxygen atoms in total. The van der Waals surface area contributed by atoms with Gasteiger partial charge >= 0.3 is 12.3 Å². The first-order chi connectivity index (χ1) is 10.2. The summed E-state index contributed by atoms with van der Waals surface area (Å²) in [5.74, 6) is -2.53. The zero-order chi connectivity index (χ0) is 16.8. The maximum Gasteiger partial charge on any atom is 0.573 e. The maximum absolute atomic E-state index is 12.3. The van der Waals surface area contributed by atoms with Crippen LogP contribution in [0, 0.1) is 0 Å². The summed E-state index contributed by atoms with van der Waals surface area (Å²) in [6.45, 7) is -1.23. The van der Waals surface area contributed by atoms with Crippen molar-refractivity contribution in [2.75, 3.05) is 6.67 Å². The highest BCUT2D eigenvalue weighted by molar-refractivity contribution is 5.83. The fraction of sp³-hybridized carbons (Fsp3) is 0.385. The summed E-state index contributed by atoms with van der Waals surface area (Å²) in [5.41, 5.74) is 0.553. The van der Waals surface area contributed by atoms with Crippen molar-refractivity contribution in [2.24, 2.45) is 0 Å². The maximum atomic E-state index is 12.3. The molecule has 1 atom stereocenters. The number of alkyl halides is 4. The van der Waals surface area contributed by atoms with Crippen molar-refractivity contribution in [3.8, 4) is 5.75 Å². The molecule has 1 amide bonds. The van der Waals surface area contributed by atoms with Gasteiger partial charge in [-0.05, 0) is 24.1 Å². The first-order valence-electron chi connectivity index (χ1n) is 6.14. The summed E-state index contributed by atoms with van der Waals surface area (Å²) in [4.78, 5) is 22.0. The predicted molar refractivity (Wildman–Crippen MR) is 67.0 cm³/mol. The van der Waals surface area contributed by atoms with Crippen LogP contribution in [0.25, 0.3) is 0 Å². The van der Waals surface area contributed by atoms with Crippen LogP contribution in [0.5, 0.6) is 5.75 Å². The van der Waals surface area contributed by atoms with Crippen molar-refractivity contribution in [3.63, 3.8) is 0 Å². The van der Waals surface area contributed by atoms with Crippen LogP contribution in [0.4, 0.5) is 17.6 Å². The minimum absolute atomic E-state index is 0.122. The Bertz CT molecular complexity index is 516. The highest BCUT2D eigenvalue weighted by Crippen LogP contribution is 2.22. The average Bonchev–Trinajstić information content (AvgIpc) is 2.42. The first kappa shape index (κ1) is 17.7. The second kappa shape index (κ2) is 7.62. The van der Waals surface area contributed by atoms with Crippen LogP contribution in [0.2, 0.25) is 0 Å². The highest BCUT2D eigenvalue weighted by atomic mass is 19.4. The molecular weight excluding hydrogens is 310 g/mol. The number of halogens is 4. The zero-order valence-corrected chi connectivity index (χ0v) is 11.2. The van der Waals surface area contributed by atoms with Crippen molar-refractivity contribution in [2.45, 2.75) is 25.2 Å². The van der Waals surface area contributed by atoms with Crippen molar-refractivity contribution >= 4 is 11.9 Å². The lowest BCUT2D eigenvalue weighted by molar-refractivity contribution is -0.274. The van der Waals surface area contributed by atoms with Gasteiger partial charge < -0.3 is 15.2 Å². The fourth-order valence-electron chi connectivity index (χ4n) is 1.55. The lowest BCUT2D eigenvalue weighted by atomic mass is 10.1. The lowest BCUT2D eigenvalue weighted by Crippen LogP contribution is -2.42. The van der Waals surface area contributed by atoms with E-state index < -0.39 is 31.0 Å². The Balaban J connectivity index is 2.48. The molecule has 0 radical (unpaired) electrons. The van der Waals surface area contributed by atoms with Crippen LogP contribution in [0.15, 0.2) is 24.3 Å². The lowest BCUT2D eigenvalue weighted by Gasteiger charge is -2.11. The molecule has 1 aromatic carbocycles. The van der Waals surface area contributed by atoms with E-state index in [1.165, 1.54) is 12.1 Å². The summed E-state index contributed by atoms with van der Waals surface area (Å²) in [6, 6.07) is 3.29. The number of nitrogens with one attached hydrogen (secondary N) is 1. The largest absolute Gasteiger partial charge is 0.573 e. The number of carbonyl (C=O) groups is 2. The zero-order valence-electron chi connectivity index (χ0n) is 11.2. The van der Waals surface area contributed by atoms with E-state index in [1.807, 2.05) is 5.32 Å². The molecule has 0 aliphatic carbocycles. The van der Waals surface area contributed by atoms with Gasteiger partial charge in [0.15, 0.2) is 6.04 Å². The minimum atomic E-state index is -4.78. The topological polar surface area (TPSA) is 75.6 Å². The van der Waals surface area contributed by atoms with Crippen molar-refractivity contribution in [1.82, 2.24) is 5.32 Å². The fourth-order valence-corrected chi connectivity index (χ4v) is 1.55. The van der Waals surface area contributed by atoms with Crippen molar-refractivity contribution < 1.29 is 37.0 Å². The molecule has 22 heavy (non-hydrogen) atoms. The standard InChI is InChI=1S/C13H13F4NO4/c14-7-10(12(20)21)18-11(19)6-3-8-1-4-9(5-2-8)22-13(15,16)17/h1-2,4-5,10H,3,6-7H2,(H,18,19)(H,20,21). The van der Waals surface area contributed by atoms with Crippen molar-refractivity contribution in [1.29, 1.82) is 0 Å². The SMILES string of the molecule is O=C(CCc1ccc(OC(F)(F)F)cc1)NC(CF)C(=O)O. The second-order valence-corrected chi connectivity index (χ2v) is 4.30. The van der Waals surface area contributed by atoms with Crippen LogP contribution in [-0.4, -0.2) is 36.1 Å². The molecule has 0 spiro atoms. The molecule has 122 valence electrons. The van der Waals surface area contributed by atoms with Gasteiger partial charge in [0, 0.05) is 6.42 Å². The highest BCUT2D eigenvalue weighted by Gasteiger charge is 2.30. The van der Waals surface area contributed by atoms with E-state index in [9.17, 15) is 27.2 Å². The third kappa shape index (κ3) is 6.42. The molecule has 0 aliphatic rings. The van der Waals surface area contributed by atoms with E-state index in [1.54, 1.807) is 0 Å². The normalized spacial score (nSPS) is 12.5. The van der Waals surface area contributed by atoms with Crippen LogP contribution in [-0.2, 0) is 16.0 Å². The van der Waals surface area contributed by atoms with Crippen LogP contribution in [0.3, 0.4) is 0 Å². The third-order valence-corrected chi connectivity index (χ3v) is 2.59. The van der Waals surface area contributed by atoms with E-state index in [4.69, 9.17) is 5.11 Å². The summed E-state index contributed by atoms with van der Waals surface area (Å²) < 4.78 is 51.9. The molecule has 1 unspecified atom stereocenters. The monoisotopic (exact) mass is 323 g/mol. The Hall–Kier alpha value is -2.32. The van der Waals surface area contributed by atoms with Crippen LogP contribution in [0.1, 0.15) is 12.0 Å². The van der Waals surface area contributed by atoms with Gasteiger partial charge in [-0.2, -0.15) is 0 Å². The van der Waals surface area contributed by atoms with Gasteiger partial charge in [-0.15, -0.1) is 13.2 Å². The van der Waals surface area contributed by atoms with Crippen molar-refractivity contribution in [3.05, 3.63) is 29.8 Å². The Morgan fingerprint density at radius 1 is 1.23 bits per heavy atom. The Morgan fingerprint density at radius 3 is 2.27 bits per heavy atom. The molecule has 0 heterocycles. The van der Waals surface area contributed by atoms with E-state index >= 15 is 0 Å². The number of carboxylic acids is 1. The predicted octanol–water partition coefficient (Wildman–Crippen LogP) is 2.06. The number of hydrogen-bond donors (Lipinski definition) is 2. The molecule has 2 N–H and O–H groups in total. The molecule has 9 heteroatoms. The van der Waals surface area contributed by atoms with E-state index in [-0.39, 0.29) is 18.6 Å². The second-order valence-electron chi connectivity index (χ2n) is 4.30. The third-order valence-electron chi connectivity index (χ3n) is 2.59. The quantitative estimate of drug-likeness (QED) is 0.753. The summed E-state index contributed by atoms with van der Waals surface area (Å²) >= 11 is 0. The molecule has 0 saturated carbocycles. The average molecular weight is 323 g/mol. The van der Waals surface area contributed by atoms with Gasteiger partial charge in [0.1, 0.15) is 12.4 Å². The molecule has 0 saturated heterocycles. The smallest absolute Gasteiger partial charge is 0.480 e. The number of rotatable bonds is 7. The Morgan fingerprint density at radius 2 is 1.82 bits per heavy atom. The van der Waals surface area contributed by atoms with Gasteiger partial charge in [-0.1, -0.05) is 12.1 Å². The van der Waals surface area contributed by atoms with Gasteiger partial charge in [-0.25, -0.2) is 9.18 Å². The number of hydrogen-bond acceptors (Lipinski definition) is 3. The van der Waals surface area contributed by atoms with E-state index in [0.29, 0.717) is 5.56 Å². The number of carbonyl (C=O) groups excluding carboxylic acids is 1. The van der Waals surface area contributed by atoms with Gasteiger partial charge in [0.05, 0.1) is 0 Å². The number of amides is 1. The molecule has 0 aromatic heterocycles. The number of carboxylic acid groups (broad SMARTS) is 1. The van der Waals surface area contributed by atoms with Gasteiger partial charge in [-0.3, -0.25) is 4.79 Å². The molecule has 0 aliphatic heterocycles. The minimum Gasteiger partial charge on any atom is -0.480 e. The van der Waals surface area contributed by atoms with Crippen LogP contribution < -0.4 is 10.1 Å². The Labute approximate surface area is 122 Å². The number of aliphatic carboxylic acids is 1. The molecule has 1 aromatic rings. The van der Waals surface area contributed by atoms with Gasteiger partial charge in [0.25, 0.3) is 0 Å². The molecule has 0 bridgehead atoms. The number of ether oxygens (including phenoxy) is 1. The molecule has 0 fully saturated rings. The molecular formula is C13H13F4NO4. The van der Waals surface area contributed by atoms with Gasteiger partial charge in [0.2, 0.25) is 5.91 Å². The summed E-state index contributed by atoms with van der Waals surface area (Å²) in [7, 11) is 0.